The van der Waals surface area contributed by atoms with Crippen molar-refractivity contribution in [3.05, 3.63) is 48.0 Å². The van der Waals surface area contributed by atoms with E-state index in [1.807, 2.05) is 0 Å². The fourth-order valence-corrected chi connectivity index (χ4v) is 3.28. The standard InChI is InChI=1S/C13H9F2N3O3S/c1-18(8-5-6-9(14)10(15)7-8)22(19,20)12-4-2-3-11-13(12)17-21-16-11/h2-7H,1H3. The fourth-order valence-electron chi connectivity index (χ4n) is 1.96. The summed E-state index contributed by atoms with van der Waals surface area (Å²) in [6.07, 6.45) is 0. The highest BCUT2D eigenvalue weighted by Gasteiger charge is 2.26. The molecule has 0 amide bonds. The van der Waals surface area contributed by atoms with Gasteiger partial charge in [-0.1, -0.05) is 6.07 Å². The van der Waals surface area contributed by atoms with Crippen molar-refractivity contribution in [2.45, 2.75) is 4.90 Å². The topological polar surface area (TPSA) is 76.3 Å². The second-order valence-corrected chi connectivity index (χ2v) is 6.40. The zero-order valence-electron chi connectivity index (χ0n) is 11.2. The Morgan fingerprint density at radius 2 is 1.86 bits per heavy atom. The van der Waals surface area contributed by atoms with E-state index < -0.39 is 21.7 Å². The molecule has 0 bridgehead atoms. The van der Waals surface area contributed by atoms with Gasteiger partial charge in [-0.15, -0.1) is 0 Å². The molecule has 0 saturated carbocycles. The zero-order valence-corrected chi connectivity index (χ0v) is 12.0. The van der Waals surface area contributed by atoms with E-state index in [2.05, 4.69) is 14.9 Å². The largest absolute Gasteiger partial charge is 0.269 e. The molecule has 0 fully saturated rings. The number of hydrogen-bond acceptors (Lipinski definition) is 5. The summed E-state index contributed by atoms with van der Waals surface area (Å²) >= 11 is 0. The summed E-state index contributed by atoms with van der Waals surface area (Å²) in [5.74, 6) is -2.20. The van der Waals surface area contributed by atoms with Crippen molar-refractivity contribution in [2.24, 2.45) is 0 Å². The van der Waals surface area contributed by atoms with Gasteiger partial charge < -0.3 is 0 Å². The van der Waals surface area contributed by atoms with Crippen molar-refractivity contribution in [1.29, 1.82) is 0 Å². The molecule has 2 aromatic carbocycles. The van der Waals surface area contributed by atoms with Gasteiger partial charge in [-0.25, -0.2) is 21.8 Å². The molecule has 1 heterocycles. The van der Waals surface area contributed by atoms with E-state index in [0.29, 0.717) is 0 Å². The number of fused-ring (bicyclic) bond motifs is 1. The minimum atomic E-state index is -4.04. The molecule has 0 spiro atoms. The van der Waals surface area contributed by atoms with Crippen LogP contribution in [0.2, 0.25) is 0 Å². The quantitative estimate of drug-likeness (QED) is 0.739. The van der Waals surface area contributed by atoms with E-state index >= 15 is 0 Å². The van der Waals surface area contributed by atoms with Crippen molar-refractivity contribution >= 4 is 26.7 Å². The van der Waals surface area contributed by atoms with Gasteiger partial charge in [0.2, 0.25) is 0 Å². The van der Waals surface area contributed by atoms with Gasteiger partial charge in [0.05, 0.1) is 5.69 Å². The average Bonchev–Trinajstić information content (AvgIpc) is 2.97. The highest BCUT2D eigenvalue weighted by atomic mass is 32.2. The van der Waals surface area contributed by atoms with Crippen LogP contribution in [0.15, 0.2) is 45.9 Å². The van der Waals surface area contributed by atoms with E-state index in [-0.39, 0.29) is 21.6 Å². The number of hydrogen-bond donors (Lipinski definition) is 0. The van der Waals surface area contributed by atoms with E-state index in [1.165, 1.54) is 19.2 Å². The number of halogens is 2. The number of aromatic nitrogens is 2. The fraction of sp³-hybridized carbons (Fsp3) is 0.0769. The van der Waals surface area contributed by atoms with Crippen LogP contribution < -0.4 is 4.31 Å². The van der Waals surface area contributed by atoms with Gasteiger partial charge in [0, 0.05) is 13.1 Å². The Hall–Kier alpha value is -2.55. The van der Waals surface area contributed by atoms with Gasteiger partial charge in [-0.3, -0.25) is 4.31 Å². The van der Waals surface area contributed by atoms with Crippen LogP contribution in [0.1, 0.15) is 0 Å². The van der Waals surface area contributed by atoms with E-state index in [0.717, 1.165) is 22.5 Å². The Morgan fingerprint density at radius 3 is 2.59 bits per heavy atom. The van der Waals surface area contributed by atoms with Crippen LogP contribution in [-0.4, -0.2) is 25.8 Å². The lowest BCUT2D eigenvalue weighted by Crippen LogP contribution is -2.27. The van der Waals surface area contributed by atoms with Crippen molar-refractivity contribution in [1.82, 2.24) is 10.3 Å². The Kier molecular flexibility index (Phi) is 3.28. The minimum Gasteiger partial charge on any atom is -0.269 e. The summed E-state index contributed by atoms with van der Waals surface area (Å²) in [7, 11) is -2.81. The highest BCUT2D eigenvalue weighted by molar-refractivity contribution is 7.93. The van der Waals surface area contributed by atoms with Crippen LogP contribution >= 0.6 is 0 Å². The molecule has 3 rings (SSSR count). The first-order valence-electron chi connectivity index (χ1n) is 6.06. The summed E-state index contributed by atoms with van der Waals surface area (Å²) in [6, 6.07) is 7.18. The summed E-state index contributed by atoms with van der Waals surface area (Å²) in [6.45, 7) is 0. The maximum atomic E-state index is 13.3. The van der Waals surface area contributed by atoms with Gasteiger partial charge in [-0.2, -0.15) is 0 Å². The first kappa shape index (κ1) is 14.4. The molecule has 6 nitrogen and oxygen atoms in total. The van der Waals surface area contributed by atoms with Crippen molar-refractivity contribution in [3.8, 4) is 0 Å². The molecule has 9 heteroatoms. The summed E-state index contributed by atoms with van der Waals surface area (Å²) in [5.41, 5.74) is 0.323. The average molecular weight is 325 g/mol. The number of anilines is 1. The lowest BCUT2D eigenvalue weighted by atomic mass is 10.3. The molecule has 0 atom stereocenters. The summed E-state index contributed by atoms with van der Waals surface area (Å²) < 4.78 is 56.9. The predicted molar refractivity (Wildman–Crippen MR) is 73.8 cm³/mol. The molecule has 0 aliphatic carbocycles. The maximum Gasteiger partial charge on any atom is 0.266 e. The van der Waals surface area contributed by atoms with Crippen LogP contribution in [0.3, 0.4) is 0 Å². The van der Waals surface area contributed by atoms with Gasteiger partial charge in [0.15, 0.2) is 17.2 Å². The number of sulfonamides is 1. The number of rotatable bonds is 3. The molecule has 3 aromatic rings. The normalized spacial score (nSPS) is 11.8. The zero-order chi connectivity index (χ0) is 15.9. The molecule has 0 aliphatic rings. The second kappa shape index (κ2) is 5.02. The van der Waals surface area contributed by atoms with Gasteiger partial charge in [-0.05, 0) is 34.6 Å². The smallest absolute Gasteiger partial charge is 0.266 e. The first-order chi connectivity index (χ1) is 10.4. The molecule has 0 saturated heterocycles. The van der Waals surface area contributed by atoms with Crippen molar-refractivity contribution in [3.63, 3.8) is 0 Å². The van der Waals surface area contributed by atoms with Gasteiger partial charge in [0.1, 0.15) is 10.4 Å². The van der Waals surface area contributed by atoms with E-state index in [9.17, 15) is 17.2 Å². The van der Waals surface area contributed by atoms with E-state index in [4.69, 9.17) is 0 Å². The first-order valence-corrected chi connectivity index (χ1v) is 7.50. The molecular weight excluding hydrogens is 316 g/mol. The highest BCUT2D eigenvalue weighted by Crippen LogP contribution is 2.27. The Balaban J connectivity index is 2.12. The third-order valence-corrected chi connectivity index (χ3v) is 4.97. The summed E-state index contributed by atoms with van der Waals surface area (Å²) in [5, 5.41) is 7.14. The van der Waals surface area contributed by atoms with E-state index in [1.54, 1.807) is 6.07 Å². The van der Waals surface area contributed by atoms with Gasteiger partial charge >= 0.3 is 0 Å². The Bertz CT molecular complexity index is 956. The van der Waals surface area contributed by atoms with Crippen molar-refractivity contribution in [2.75, 3.05) is 11.4 Å². The molecule has 1 aromatic heterocycles. The molecule has 0 unspecified atom stereocenters. The number of benzene rings is 2. The lowest BCUT2D eigenvalue weighted by molar-refractivity contribution is 0.315. The van der Waals surface area contributed by atoms with Crippen LogP contribution in [-0.2, 0) is 10.0 Å². The SMILES string of the molecule is CN(c1ccc(F)c(F)c1)S(=O)(=O)c1cccc2nonc12. The molecule has 0 N–H and O–H groups in total. The minimum absolute atomic E-state index is 0.0210. The lowest BCUT2D eigenvalue weighted by Gasteiger charge is -2.19. The monoisotopic (exact) mass is 325 g/mol. The maximum absolute atomic E-state index is 13.3. The molecule has 0 aliphatic heterocycles. The van der Waals surface area contributed by atoms with Gasteiger partial charge in [0.25, 0.3) is 10.0 Å². The predicted octanol–water partition coefficient (Wildman–Crippen LogP) is 2.33. The summed E-state index contributed by atoms with van der Waals surface area (Å²) in [4.78, 5) is -0.140. The Morgan fingerprint density at radius 1 is 1.09 bits per heavy atom. The third-order valence-electron chi connectivity index (χ3n) is 3.15. The second-order valence-electron chi connectivity index (χ2n) is 4.46. The molecule has 114 valence electrons. The van der Waals surface area contributed by atoms with Crippen molar-refractivity contribution < 1.29 is 21.8 Å². The third kappa shape index (κ3) is 2.19. The Labute approximate surface area is 124 Å². The molecule has 0 radical (unpaired) electrons. The molecule has 22 heavy (non-hydrogen) atoms. The van der Waals surface area contributed by atoms with Crippen LogP contribution in [0, 0.1) is 11.6 Å². The number of nitrogens with zero attached hydrogens (tertiary/aromatic N) is 3. The van der Waals surface area contributed by atoms with Crippen LogP contribution in [0.5, 0.6) is 0 Å². The van der Waals surface area contributed by atoms with Crippen LogP contribution in [0.25, 0.3) is 11.0 Å². The molecular formula is C13H9F2N3O3S. The van der Waals surface area contributed by atoms with Crippen LogP contribution in [0.4, 0.5) is 14.5 Å².